The summed E-state index contributed by atoms with van der Waals surface area (Å²) in [5.41, 5.74) is 2.18. The number of nitrogens with zero attached hydrogens (tertiary/aromatic N) is 1. The summed E-state index contributed by atoms with van der Waals surface area (Å²) in [6.45, 7) is 7.24. The van der Waals surface area contributed by atoms with Crippen LogP contribution in [-0.2, 0) is 5.75 Å². The van der Waals surface area contributed by atoms with Crippen molar-refractivity contribution >= 4 is 23.1 Å². The van der Waals surface area contributed by atoms with Gasteiger partial charge < -0.3 is 5.32 Å². The number of hydrogen-bond donors (Lipinski definition) is 1. The first-order valence-corrected chi connectivity index (χ1v) is 7.22. The van der Waals surface area contributed by atoms with E-state index in [0.29, 0.717) is 5.25 Å². The Morgan fingerprint density at radius 3 is 2.72 bits per heavy atom. The highest BCUT2D eigenvalue weighted by molar-refractivity contribution is 7.99. The molecule has 5 heteroatoms. The first-order chi connectivity index (χ1) is 8.54. The molecular formula is C13H20N2O2S. The molecule has 18 heavy (non-hydrogen) atoms. The molecule has 0 heterocycles. The standard InChI is InChI=1S/C13H20N2O2S/c1-4-7-14-13-6-5-12(15(16)17)8-11(13)9-18-10(2)3/h5-6,8,10,14H,4,7,9H2,1-3H3. The number of anilines is 1. The van der Waals surface area contributed by atoms with Gasteiger partial charge in [0.1, 0.15) is 0 Å². The number of hydrogen-bond acceptors (Lipinski definition) is 4. The van der Waals surface area contributed by atoms with Gasteiger partial charge in [0.05, 0.1) is 4.92 Å². The molecule has 0 fully saturated rings. The number of non-ortho nitro benzene ring substituents is 1. The van der Waals surface area contributed by atoms with Gasteiger partial charge in [0.25, 0.3) is 5.69 Å². The molecule has 0 bridgehead atoms. The third-order valence-corrected chi connectivity index (χ3v) is 3.58. The molecule has 0 atom stereocenters. The maximum absolute atomic E-state index is 10.8. The molecule has 100 valence electrons. The van der Waals surface area contributed by atoms with Crippen LogP contribution in [-0.4, -0.2) is 16.7 Å². The first-order valence-electron chi connectivity index (χ1n) is 6.17. The lowest BCUT2D eigenvalue weighted by molar-refractivity contribution is -0.384. The zero-order valence-electron chi connectivity index (χ0n) is 11.1. The van der Waals surface area contributed by atoms with E-state index in [1.54, 1.807) is 23.9 Å². The van der Waals surface area contributed by atoms with Crippen LogP contribution in [0.15, 0.2) is 18.2 Å². The van der Waals surface area contributed by atoms with Crippen molar-refractivity contribution in [2.75, 3.05) is 11.9 Å². The van der Waals surface area contributed by atoms with Crippen LogP contribution in [0.5, 0.6) is 0 Å². The number of nitrogens with one attached hydrogen (secondary N) is 1. The molecule has 1 rings (SSSR count). The summed E-state index contributed by atoms with van der Waals surface area (Å²) < 4.78 is 0. The summed E-state index contributed by atoms with van der Waals surface area (Å²) in [5.74, 6) is 0.797. The van der Waals surface area contributed by atoms with E-state index in [1.807, 2.05) is 6.07 Å². The normalized spacial score (nSPS) is 10.7. The summed E-state index contributed by atoms with van der Waals surface area (Å²) in [4.78, 5) is 10.5. The summed E-state index contributed by atoms with van der Waals surface area (Å²) in [6.07, 6.45) is 1.04. The molecule has 1 N–H and O–H groups in total. The topological polar surface area (TPSA) is 55.2 Å². The number of rotatable bonds is 7. The van der Waals surface area contributed by atoms with Gasteiger partial charge in [0.2, 0.25) is 0 Å². The molecule has 0 unspecified atom stereocenters. The zero-order valence-corrected chi connectivity index (χ0v) is 11.9. The number of nitro groups is 1. The van der Waals surface area contributed by atoms with Gasteiger partial charge in [0.15, 0.2) is 0 Å². The lowest BCUT2D eigenvalue weighted by Gasteiger charge is -2.12. The van der Waals surface area contributed by atoms with Crippen LogP contribution < -0.4 is 5.32 Å². The number of nitro benzene ring substituents is 1. The third kappa shape index (κ3) is 4.56. The summed E-state index contributed by atoms with van der Waals surface area (Å²) in [5, 5.41) is 14.6. The molecule has 1 aromatic carbocycles. The fourth-order valence-corrected chi connectivity index (χ4v) is 2.25. The largest absolute Gasteiger partial charge is 0.385 e. The third-order valence-electron chi connectivity index (χ3n) is 2.44. The van der Waals surface area contributed by atoms with Crippen LogP contribution in [0.4, 0.5) is 11.4 Å². The Morgan fingerprint density at radius 2 is 2.17 bits per heavy atom. The Kier molecular flexibility index (Phi) is 5.98. The Bertz CT molecular complexity index is 408. The SMILES string of the molecule is CCCNc1ccc([N+](=O)[O-])cc1CSC(C)C. The van der Waals surface area contributed by atoms with Gasteiger partial charge in [-0.3, -0.25) is 10.1 Å². The molecule has 0 aromatic heterocycles. The average molecular weight is 268 g/mol. The van der Waals surface area contributed by atoms with Crippen LogP contribution in [0.3, 0.4) is 0 Å². The van der Waals surface area contributed by atoms with E-state index >= 15 is 0 Å². The first kappa shape index (κ1) is 14.8. The van der Waals surface area contributed by atoms with Crippen LogP contribution in [0, 0.1) is 10.1 Å². The van der Waals surface area contributed by atoms with Gasteiger partial charge in [-0.25, -0.2) is 0 Å². The Balaban J connectivity index is 2.90. The minimum Gasteiger partial charge on any atom is -0.385 e. The predicted molar refractivity (Wildman–Crippen MR) is 78.3 cm³/mol. The minimum absolute atomic E-state index is 0.163. The van der Waals surface area contributed by atoms with Crippen molar-refractivity contribution in [3.05, 3.63) is 33.9 Å². The van der Waals surface area contributed by atoms with Crippen LogP contribution in [0.1, 0.15) is 32.8 Å². The second kappa shape index (κ2) is 7.26. The molecule has 1 aromatic rings. The molecule has 4 nitrogen and oxygen atoms in total. The molecule has 0 aliphatic heterocycles. The quantitative estimate of drug-likeness (QED) is 0.598. The highest BCUT2D eigenvalue weighted by Gasteiger charge is 2.11. The second-order valence-corrected chi connectivity index (χ2v) is 5.95. The van der Waals surface area contributed by atoms with Gasteiger partial charge in [-0.1, -0.05) is 20.8 Å². The maximum atomic E-state index is 10.8. The van der Waals surface area contributed by atoms with Gasteiger partial charge >= 0.3 is 0 Å². The molecule has 0 saturated carbocycles. The molecule has 0 amide bonds. The average Bonchev–Trinajstić information content (AvgIpc) is 2.33. The van der Waals surface area contributed by atoms with Crippen molar-refractivity contribution in [3.63, 3.8) is 0 Å². The second-order valence-electron chi connectivity index (χ2n) is 4.39. The monoisotopic (exact) mass is 268 g/mol. The van der Waals surface area contributed by atoms with Crippen LogP contribution >= 0.6 is 11.8 Å². The fraction of sp³-hybridized carbons (Fsp3) is 0.538. The summed E-state index contributed by atoms with van der Waals surface area (Å²) in [6, 6.07) is 5.04. The lowest BCUT2D eigenvalue weighted by atomic mass is 10.1. The van der Waals surface area contributed by atoms with Gasteiger partial charge in [-0.2, -0.15) is 11.8 Å². The molecule has 0 saturated heterocycles. The minimum atomic E-state index is -0.340. The molecule has 0 aliphatic rings. The van der Waals surface area contributed by atoms with E-state index in [0.717, 1.165) is 30.0 Å². The van der Waals surface area contributed by atoms with Gasteiger partial charge in [-0.15, -0.1) is 0 Å². The smallest absolute Gasteiger partial charge is 0.269 e. The number of thioether (sulfide) groups is 1. The summed E-state index contributed by atoms with van der Waals surface area (Å²) >= 11 is 1.79. The van der Waals surface area contributed by atoms with Crippen molar-refractivity contribution in [3.8, 4) is 0 Å². The van der Waals surface area contributed by atoms with E-state index in [9.17, 15) is 10.1 Å². The zero-order chi connectivity index (χ0) is 13.5. The van der Waals surface area contributed by atoms with E-state index < -0.39 is 0 Å². The van der Waals surface area contributed by atoms with Gasteiger partial charge in [0, 0.05) is 30.1 Å². The van der Waals surface area contributed by atoms with Crippen molar-refractivity contribution in [2.24, 2.45) is 0 Å². The van der Waals surface area contributed by atoms with Crippen molar-refractivity contribution in [1.82, 2.24) is 0 Å². The Labute approximate surface area is 112 Å². The Hall–Kier alpha value is -1.23. The maximum Gasteiger partial charge on any atom is 0.269 e. The highest BCUT2D eigenvalue weighted by Crippen LogP contribution is 2.27. The molecule has 0 radical (unpaired) electrons. The van der Waals surface area contributed by atoms with E-state index in [1.165, 1.54) is 0 Å². The Morgan fingerprint density at radius 1 is 1.44 bits per heavy atom. The molecule has 0 spiro atoms. The van der Waals surface area contributed by atoms with Crippen molar-refractivity contribution in [1.29, 1.82) is 0 Å². The van der Waals surface area contributed by atoms with Crippen molar-refractivity contribution < 1.29 is 4.92 Å². The fourth-order valence-electron chi connectivity index (χ4n) is 1.50. The van der Waals surface area contributed by atoms with Gasteiger partial charge in [-0.05, 0) is 23.3 Å². The van der Waals surface area contributed by atoms with E-state index in [4.69, 9.17) is 0 Å². The molecular weight excluding hydrogens is 248 g/mol. The highest BCUT2D eigenvalue weighted by atomic mass is 32.2. The van der Waals surface area contributed by atoms with E-state index in [2.05, 4.69) is 26.1 Å². The van der Waals surface area contributed by atoms with Crippen LogP contribution in [0.25, 0.3) is 0 Å². The molecule has 0 aliphatic carbocycles. The lowest BCUT2D eigenvalue weighted by Crippen LogP contribution is -2.04. The van der Waals surface area contributed by atoms with Crippen molar-refractivity contribution in [2.45, 2.75) is 38.2 Å². The number of benzene rings is 1. The van der Waals surface area contributed by atoms with E-state index in [-0.39, 0.29) is 10.6 Å². The predicted octanol–water partition coefficient (Wildman–Crippen LogP) is 4.06. The van der Waals surface area contributed by atoms with Crippen LogP contribution in [0.2, 0.25) is 0 Å². The summed E-state index contributed by atoms with van der Waals surface area (Å²) in [7, 11) is 0.